The minimum Gasteiger partial charge on any atom is -0.481 e. The van der Waals surface area contributed by atoms with Crippen LogP contribution in [-0.2, 0) is 9.53 Å². The molecule has 0 radical (unpaired) electrons. The first-order valence-corrected chi connectivity index (χ1v) is 4.38. The lowest BCUT2D eigenvalue weighted by atomic mass is 10.4. The van der Waals surface area contributed by atoms with Gasteiger partial charge in [0.15, 0.2) is 0 Å². The number of ether oxygens (including phenoxy) is 1. The van der Waals surface area contributed by atoms with Crippen molar-refractivity contribution in [3.05, 3.63) is 0 Å². The van der Waals surface area contributed by atoms with Crippen LogP contribution in [0.25, 0.3) is 0 Å². The second kappa shape index (κ2) is 9.44. The van der Waals surface area contributed by atoms with Crippen molar-refractivity contribution in [3.8, 4) is 0 Å². The molecule has 0 spiro atoms. The van der Waals surface area contributed by atoms with Gasteiger partial charge in [-0.25, -0.2) is 0 Å². The Morgan fingerprint density at radius 1 is 1.31 bits per heavy atom. The normalized spacial score (nSPS) is 10.2. The molecule has 0 bridgehead atoms. The van der Waals surface area contributed by atoms with E-state index in [1.165, 1.54) is 0 Å². The highest BCUT2D eigenvalue weighted by Gasteiger charge is 1.94. The Balaban J connectivity index is 2.87. The molecule has 0 rings (SSSR count). The molecule has 0 aliphatic heterocycles. The lowest BCUT2D eigenvalue weighted by Gasteiger charge is -2.03. The number of aliphatic carboxylic acids is 1. The van der Waals surface area contributed by atoms with E-state index < -0.39 is 5.97 Å². The second-order valence-corrected chi connectivity index (χ2v) is 2.58. The SMILES string of the molecule is O=C(O)CCNCCCOCCO. The van der Waals surface area contributed by atoms with E-state index in [2.05, 4.69) is 5.32 Å². The van der Waals surface area contributed by atoms with Crippen LogP contribution in [0.3, 0.4) is 0 Å². The van der Waals surface area contributed by atoms with Crippen molar-refractivity contribution >= 4 is 5.97 Å². The molecule has 0 aromatic rings. The minimum atomic E-state index is -0.788. The predicted molar refractivity (Wildman–Crippen MR) is 47.6 cm³/mol. The number of carboxylic acid groups (broad SMARTS) is 1. The van der Waals surface area contributed by atoms with Gasteiger partial charge in [-0.1, -0.05) is 0 Å². The Morgan fingerprint density at radius 3 is 2.69 bits per heavy atom. The first-order valence-electron chi connectivity index (χ1n) is 4.38. The predicted octanol–water partition coefficient (Wildman–Crippen LogP) is -0.550. The van der Waals surface area contributed by atoms with Crippen LogP contribution >= 0.6 is 0 Å². The summed E-state index contributed by atoms with van der Waals surface area (Å²) in [5, 5.41) is 19.6. The molecule has 0 aliphatic carbocycles. The molecule has 5 heteroatoms. The van der Waals surface area contributed by atoms with Crippen LogP contribution in [0.1, 0.15) is 12.8 Å². The van der Waals surface area contributed by atoms with Gasteiger partial charge in [0.2, 0.25) is 0 Å². The maximum absolute atomic E-state index is 10.1. The number of hydrogen-bond acceptors (Lipinski definition) is 4. The van der Waals surface area contributed by atoms with E-state index >= 15 is 0 Å². The van der Waals surface area contributed by atoms with Crippen molar-refractivity contribution in [1.82, 2.24) is 5.32 Å². The van der Waals surface area contributed by atoms with E-state index in [0.717, 1.165) is 13.0 Å². The Hall–Kier alpha value is -0.650. The molecule has 0 saturated heterocycles. The van der Waals surface area contributed by atoms with Gasteiger partial charge in [0.1, 0.15) is 0 Å². The fourth-order valence-electron chi connectivity index (χ4n) is 0.786. The monoisotopic (exact) mass is 191 g/mol. The van der Waals surface area contributed by atoms with Crippen molar-refractivity contribution in [2.45, 2.75) is 12.8 Å². The first-order chi connectivity index (χ1) is 6.27. The molecule has 3 N–H and O–H groups in total. The van der Waals surface area contributed by atoms with Crippen LogP contribution < -0.4 is 5.32 Å². The minimum absolute atomic E-state index is 0.0481. The summed E-state index contributed by atoms with van der Waals surface area (Å²) in [5.41, 5.74) is 0. The molecule has 0 saturated carbocycles. The van der Waals surface area contributed by atoms with Gasteiger partial charge in [-0.2, -0.15) is 0 Å². The molecule has 0 unspecified atom stereocenters. The third-order valence-corrected chi connectivity index (χ3v) is 1.39. The summed E-state index contributed by atoms with van der Waals surface area (Å²) >= 11 is 0. The summed E-state index contributed by atoms with van der Waals surface area (Å²) in [6, 6.07) is 0. The smallest absolute Gasteiger partial charge is 0.304 e. The molecule has 5 nitrogen and oxygen atoms in total. The van der Waals surface area contributed by atoms with Crippen molar-refractivity contribution in [3.63, 3.8) is 0 Å². The number of aliphatic hydroxyl groups is 1. The quantitative estimate of drug-likeness (QED) is 0.426. The number of hydrogen-bond donors (Lipinski definition) is 3. The molecule has 78 valence electrons. The van der Waals surface area contributed by atoms with Gasteiger partial charge in [0.05, 0.1) is 19.6 Å². The van der Waals surface area contributed by atoms with Gasteiger partial charge in [-0.15, -0.1) is 0 Å². The van der Waals surface area contributed by atoms with Crippen LogP contribution in [0.2, 0.25) is 0 Å². The van der Waals surface area contributed by atoms with E-state index in [-0.39, 0.29) is 13.0 Å². The Labute approximate surface area is 77.7 Å². The summed E-state index contributed by atoms with van der Waals surface area (Å²) in [6.45, 7) is 2.26. The zero-order valence-electron chi connectivity index (χ0n) is 7.66. The van der Waals surface area contributed by atoms with Gasteiger partial charge < -0.3 is 20.3 Å². The first kappa shape index (κ1) is 12.3. The summed E-state index contributed by atoms with van der Waals surface area (Å²) in [6.07, 6.45) is 0.983. The molecule has 0 aromatic carbocycles. The number of aliphatic hydroxyl groups excluding tert-OH is 1. The van der Waals surface area contributed by atoms with E-state index in [1.54, 1.807) is 0 Å². The topological polar surface area (TPSA) is 78.8 Å². The fourth-order valence-corrected chi connectivity index (χ4v) is 0.786. The summed E-state index contributed by atoms with van der Waals surface area (Å²) in [7, 11) is 0. The Kier molecular flexibility index (Phi) is 8.97. The van der Waals surface area contributed by atoms with Crippen LogP contribution in [-0.4, -0.2) is 49.1 Å². The third-order valence-electron chi connectivity index (χ3n) is 1.39. The molecule has 0 heterocycles. The van der Waals surface area contributed by atoms with Crippen molar-refractivity contribution in [2.75, 3.05) is 32.9 Å². The molecule has 0 atom stereocenters. The molecule has 0 amide bonds. The average Bonchev–Trinajstić information content (AvgIpc) is 2.09. The van der Waals surface area contributed by atoms with E-state index in [0.29, 0.717) is 19.8 Å². The molecular formula is C8H17NO4. The van der Waals surface area contributed by atoms with Gasteiger partial charge in [-0.05, 0) is 13.0 Å². The second-order valence-electron chi connectivity index (χ2n) is 2.58. The van der Waals surface area contributed by atoms with Gasteiger partial charge in [-0.3, -0.25) is 4.79 Å². The van der Waals surface area contributed by atoms with Crippen LogP contribution in [0, 0.1) is 0 Å². The molecule has 0 fully saturated rings. The van der Waals surface area contributed by atoms with Crippen LogP contribution in [0.5, 0.6) is 0 Å². The average molecular weight is 191 g/mol. The fraction of sp³-hybridized carbons (Fsp3) is 0.875. The molecule has 0 aliphatic rings. The van der Waals surface area contributed by atoms with Crippen molar-refractivity contribution in [2.24, 2.45) is 0 Å². The van der Waals surface area contributed by atoms with Crippen molar-refractivity contribution < 1.29 is 19.7 Å². The van der Waals surface area contributed by atoms with Crippen LogP contribution in [0.4, 0.5) is 0 Å². The molecular weight excluding hydrogens is 174 g/mol. The molecule has 0 aromatic heterocycles. The van der Waals surface area contributed by atoms with Crippen LogP contribution in [0.15, 0.2) is 0 Å². The zero-order valence-corrected chi connectivity index (χ0v) is 7.66. The van der Waals surface area contributed by atoms with E-state index in [4.69, 9.17) is 14.9 Å². The number of carbonyl (C=O) groups is 1. The highest BCUT2D eigenvalue weighted by atomic mass is 16.5. The summed E-state index contributed by atoms with van der Waals surface area (Å²) in [5.74, 6) is -0.788. The third kappa shape index (κ3) is 11.3. The van der Waals surface area contributed by atoms with Gasteiger partial charge >= 0.3 is 5.97 Å². The zero-order chi connectivity index (χ0) is 9.94. The maximum atomic E-state index is 10.1. The van der Waals surface area contributed by atoms with Crippen molar-refractivity contribution in [1.29, 1.82) is 0 Å². The van der Waals surface area contributed by atoms with E-state index in [1.807, 2.05) is 0 Å². The lowest BCUT2D eigenvalue weighted by molar-refractivity contribution is -0.136. The highest BCUT2D eigenvalue weighted by molar-refractivity contribution is 5.66. The lowest BCUT2D eigenvalue weighted by Crippen LogP contribution is -2.20. The number of carboxylic acids is 1. The highest BCUT2D eigenvalue weighted by Crippen LogP contribution is 1.81. The van der Waals surface area contributed by atoms with Gasteiger partial charge in [0.25, 0.3) is 0 Å². The Bertz CT molecular complexity index is 129. The summed E-state index contributed by atoms with van der Waals surface area (Å²) < 4.78 is 5.00. The Morgan fingerprint density at radius 2 is 2.08 bits per heavy atom. The number of nitrogens with one attached hydrogen (secondary N) is 1. The van der Waals surface area contributed by atoms with Gasteiger partial charge in [0, 0.05) is 13.2 Å². The standard InChI is InChI=1S/C8H17NO4/c10-5-7-13-6-1-3-9-4-2-8(11)12/h9-10H,1-7H2,(H,11,12). The molecule has 13 heavy (non-hydrogen) atoms. The number of rotatable bonds is 9. The van der Waals surface area contributed by atoms with E-state index in [9.17, 15) is 4.79 Å². The summed E-state index contributed by atoms with van der Waals surface area (Å²) in [4.78, 5) is 10.1. The maximum Gasteiger partial charge on any atom is 0.304 e. The largest absolute Gasteiger partial charge is 0.481 e.